The zero-order valence-corrected chi connectivity index (χ0v) is 15.9. The number of imidazole rings is 1. The minimum Gasteiger partial charge on any atom is -0.383 e. The van der Waals surface area contributed by atoms with Crippen LogP contribution in [0.4, 0.5) is 0 Å². The molecule has 5 nitrogen and oxygen atoms in total. The highest BCUT2D eigenvalue weighted by molar-refractivity contribution is 7.99. The van der Waals surface area contributed by atoms with Crippen LogP contribution in [0.25, 0.3) is 0 Å². The second kappa shape index (κ2) is 7.91. The first-order valence-electron chi connectivity index (χ1n) is 9.08. The highest BCUT2D eigenvalue weighted by Gasteiger charge is 2.38. The van der Waals surface area contributed by atoms with Gasteiger partial charge < -0.3 is 14.2 Å². The maximum Gasteiger partial charge on any atom is 0.233 e. The summed E-state index contributed by atoms with van der Waals surface area (Å²) in [5.41, 5.74) is 2.20. The Morgan fingerprint density at radius 1 is 1.25 bits per heavy atom. The number of hydrogen-bond acceptors (Lipinski definition) is 4. The minimum absolute atomic E-state index is 0.297. The van der Waals surface area contributed by atoms with Crippen LogP contribution in [-0.4, -0.2) is 51.9 Å². The number of aryl methyl sites for hydroxylation is 1. The molecule has 0 atom stereocenters. The van der Waals surface area contributed by atoms with Gasteiger partial charge in [-0.1, -0.05) is 24.6 Å². The predicted molar refractivity (Wildman–Crippen MR) is 96.4 cm³/mol. The van der Waals surface area contributed by atoms with E-state index in [4.69, 9.17) is 4.74 Å². The summed E-state index contributed by atoms with van der Waals surface area (Å²) in [5.74, 6) is 0.793. The Morgan fingerprint density at radius 3 is 2.54 bits per heavy atom. The minimum atomic E-state index is 0.297. The van der Waals surface area contributed by atoms with Gasteiger partial charge in [-0.25, -0.2) is 4.98 Å². The van der Waals surface area contributed by atoms with Crippen molar-refractivity contribution in [1.29, 1.82) is 0 Å². The number of rotatable bonds is 8. The number of nitrogens with zero attached hydrogens (tertiary/aromatic N) is 3. The molecular formula is C18H29N3O2S. The molecule has 24 heavy (non-hydrogen) atoms. The lowest BCUT2D eigenvalue weighted by atomic mass is 10.2. The van der Waals surface area contributed by atoms with Crippen LogP contribution in [0.2, 0.25) is 0 Å². The van der Waals surface area contributed by atoms with E-state index < -0.39 is 0 Å². The molecule has 0 aromatic carbocycles. The van der Waals surface area contributed by atoms with Crippen LogP contribution in [0.5, 0.6) is 0 Å². The van der Waals surface area contributed by atoms with Gasteiger partial charge in [0.05, 0.1) is 18.1 Å². The average molecular weight is 352 g/mol. The molecule has 0 unspecified atom stereocenters. The Morgan fingerprint density at radius 2 is 1.92 bits per heavy atom. The van der Waals surface area contributed by atoms with E-state index in [1.165, 1.54) is 38.5 Å². The summed E-state index contributed by atoms with van der Waals surface area (Å²) in [6, 6.07) is 1.00. The molecule has 134 valence electrons. The van der Waals surface area contributed by atoms with E-state index in [0.717, 1.165) is 23.1 Å². The van der Waals surface area contributed by atoms with Gasteiger partial charge in [0.1, 0.15) is 0 Å². The summed E-state index contributed by atoms with van der Waals surface area (Å²) in [7, 11) is 1.71. The van der Waals surface area contributed by atoms with Gasteiger partial charge in [0, 0.05) is 31.4 Å². The molecule has 0 radical (unpaired) electrons. The van der Waals surface area contributed by atoms with Crippen LogP contribution in [0.1, 0.15) is 49.9 Å². The first kappa shape index (κ1) is 17.8. The lowest BCUT2D eigenvalue weighted by Gasteiger charge is -2.29. The van der Waals surface area contributed by atoms with Crippen molar-refractivity contribution in [3.8, 4) is 0 Å². The number of amides is 1. The Balaban J connectivity index is 1.63. The van der Waals surface area contributed by atoms with Crippen LogP contribution in [0.3, 0.4) is 0 Å². The summed E-state index contributed by atoms with van der Waals surface area (Å²) >= 11 is 1.58. The first-order valence-corrected chi connectivity index (χ1v) is 10.1. The third-order valence-corrected chi connectivity index (χ3v) is 6.17. The number of thioether (sulfide) groups is 1. The van der Waals surface area contributed by atoms with Gasteiger partial charge in [-0.2, -0.15) is 0 Å². The van der Waals surface area contributed by atoms with Gasteiger partial charge >= 0.3 is 0 Å². The third kappa shape index (κ3) is 3.97. The van der Waals surface area contributed by atoms with Crippen molar-refractivity contribution < 1.29 is 9.53 Å². The Bertz CT molecular complexity index is 577. The topological polar surface area (TPSA) is 47.4 Å². The fourth-order valence-corrected chi connectivity index (χ4v) is 4.61. The van der Waals surface area contributed by atoms with E-state index >= 15 is 0 Å². The lowest BCUT2D eigenvalue weighted by Crippen LogP contribution is -2.41. The molecule has 1 aromatic rings. The van der Waals surface area contributed by atoms with Crippen molar-refractivity contribution in [3.63, 3.8) is 0 Å². The molecule has 1 amide bonds. The van der Waals surface area contributed by atoms with Crippen molar-refractivity contribution in [2.45, 2.75) is 76.2 Å². The highest BCUT2D eigenvalue weighted by Crippen LogP contribution is 2.35. The maximum absolute atomic E-state index is 12.8. The molecule has 6 heteroatoms. The van der Waals surface area contributed by atoms with E-state index in [1.54, 1.807) is 18.9 Å². The fourth-order valence-electron chi connectivity index (χ4n) is 3.62. The van der Waals surface area contributed by atoms with Gasteiger partial charge in [0.25, 0.3) is 0 Å². The Kier molecular flexibility index (Phi) is 5.87. The van der Waals surface area contributed by atoms with Gasteiger partial charge in [-0.3, -0.25) is 4.79 Å². The van der Waals surface area contributed by atoms with E-state index in [9.17, 15) is 4.79 Å². The molecule has 2 saturated carbocycles. The maximum atomic E-state index is 12.8. The number of aromatic nitrogens is 2. The highest BCUT2D eigenvalue weighted by atomic mass is 32.2. The number of methoxy groups -OCH3 is 1. The second-order valence-corrected chi connectivity index (χ2v) is 7.91. The molecule has 2 aliphatic carbocycles. The molecule has 0 bridgehead atoms. The fraction of sp³-hybridized carbons (Fsp3) is 0.778. The number of hydrogen-bond donors (Lipinski definition) is 0. The van der Waals surface area contributed by atoms with E-state index in [0.29, 0.717) is 30.4 Å². The van der Waals surface area contributed by atoms with Crippen LogP contribution >= 0.6 is 11.8 Å². The zero-order chi connectivity index (χ0) is 17.1. The quantitative estimate of drug-likeness (QED) is 0.675. The molecule has 0 aliphatic heterocycles. The van der Waals surface area contributed by atoms with Crippen molar-refractivity contribution in [3.05, 3.63) is 11.4 Å². The van der Waals surface area contributed by atoms with Gasteiger partial charge in [0.15, 0.2) is 5.16 Å². The summed E-state index contributed by atoms with van der Waals surface area (Å²) in [5, 5.41) is 0.942. The number of ether oxygens (including phenoxy) is 1. The summed E-state index contributed by atoms with van der Waals surface area (Å²) in [4.78, 5) is 19.7. The molecule has 0 spiro atoms. The largest absolute Gasteiger partial charge is 0.383 e. The molecule has 1 aromatic heterocycles. The van der Waals surface area contributed by atoms with Crippen LogP contribution in [0.15, 0.2) is 5.16 Å². The smallest absolute Gasteiger partial charge is 0.233 e. The molecule has 2 aliphatic rings. The van der Waals surface area contributed by atoms with Gasteiger partial charge in [-0.05, 0) is 39.5 Å². The standard InChI is InChI=1S/C18H29N3O2S/c1-13-14(2)20(10-11-23-3)18(19-13)24-12-17(22)21(16-8-9-16)15-6-4-5-7-15/h15-16H,4-12H2,1-3H3. The first-order chi connectivity index (χ1) is 11.6. The number of carbonyl (C=O) groups excluding carboxylic acids is 1. The predicted octanol–water partition coefficient (Wildman–Crippen LogP) is 3.17. The van der Waals surface area contributed by atoms with E-state index in [2.05, 4.69) is 21.4 Å². The average Bonchev–Trinajstić information content (AvgIpc) is 3.17. The SMILES string of the molecule is COCCn1c(SCC(=O)N(C2CCCC2)C2CC2)nc(C)c1C. The zero-order valence-electron chi connectivity index (χ0n) is 15.1. The monoisotopic (exact) mass is 351 g/mol. The summed E-state index contributed by atoms with van der Waals surface area (Å²) in [6.07, 6.45) is 7.30. The Labute approximate surface area is 149 Å². The normalized spacial score (nSPS) is 18.3. The van der Waals surface area contributed by atoms with Gasteiger partial charge in [0.2, 0.25) is 5.91 Å². The van der Waals surface area contributed by atoms with Crippen molar-refractivity contribution in [2.24, 2.45) is 0 Å². The molecule has 3 rings (SSSR count). The summed E-state index contributed by atoms with van der Waals surface area (Å²) in [6.45, 7) is 5.56. The molecule has 2 fully saturated rings. The van der Waals surface area contributed by atoms with Crippen LogP contribution in [0, 0.1) is 13.8 Å². The van der Waals surface area contributed by atoms with Crippen LogP contribution in [-0.2, 0) is 16.1 Å². The third-order valence-electron chi connectivity index (χ3n) is 5.21. The number of carbonyl (C=O) groups is 1. The van der Waals surface area contributed by atoms with E-state index in [1.807, 2.05) is 6.92 Å². The molecular weight excluding hydrogens is 322 g/mol. The van der Waals surface area contributed by atoms with Gasteiger partial charge in [-0.15, -0.1) is 0 Å². The lowest BCUT2D eigenvalue weighted by molar-refractivity contribution is -0.131. The molecule has 1 heterocycles. The van der Waals surface area contributed by atoms with Crippen molar-refractivity contribution >= 4 is 17.7 Å². The van der Waals surface area contributed by atoms with Crippen molar-refractivity contribution in [2.75, 3.05) is 19.5 Å². The molecule has 0 N–H and O–H groups in total. The Hall–Kier alpha value is -1.01. The molecule has 0 saturated heterocycles. The van der Waals surface area contributed by atoms with Crippen LogP contribution < -0.4 is 0 Å². The second-order valence-electron chi connectivity index (χ2n) is 6.97. The van der Waals surface area contributed by atoms with E-state index in [-0.39, 0.29) is 0 Å². The summed E-state index contributed by atoms with van der Waals surface area (Å²) < 4.78 is 7.38. The van der Waals surface area contributed by atoms with Crippen molar-refractivity contribution in [1.82, 2.24) is 14.5 Å².